The number of rotatable bonds is 5. The topological polar surface area (TPSA) is 3.88 Å². The smallest absolute Gasteiger partial charge is 0.201 e. The van der Waals surface area contributed by atoms with Crippen molar-refractivity contribution in [2.24, 2.45) is 7.05 Å². The maximum absolute atomic E-state index is 8.72. The molecule has 146 valence electrons. The Kier molecular flexibility index (Phi) is 4.24. The minimum atomic E-state index is -2.23. The Hall–Kier alpha value is -2.19. The van der Waals surface area contributed by atoms with Crippen molar-refractivity contribution in [3.8, 4) is 22.4 Å². The van der Waals surface area contributed by atoms with E-state index in [2.05, 4.69) is 30.4 Å². The Labute approximate surface area is 179 Å². The molecular formula is C26H34NSi+. The van der Waals surface area contributed by atoms with E-state index in [1.165, 1.54) is 0 Å². The Morgan fingerprint density at radius 1 is 1.00 bits per heavy atom. The van der Waals surface area contributed by atoms with Gasteiger partial charge in [0.25, 0.3) is 0 Å². The van der Waals surface area contributed by atoms with Gasteiger partial charge in [-0.05, 0) is 54.0 Å². The van der Waals surface area contributed by atoms with E-state index in [9.17, 15) is 0 Å². The lowest BCUT2D eigenvalue weighted by atomic mass is 9.93. The van der Waals surface area contributed by atoms with E-state index >= 15 is 0 Å². The van der Waals surface area contributed by atoms with Crippen molar-refractivity contribution in [1.82, 2.24) is 0 Å². The monoisotopic (exact) mass is 393 g/mol. The molecule has 3 aromatic rings. The molecule has 0 saturated carbocycles. The highest BCUT2D eigenvalue weighted by atomic mass is 28.3. The normalized spacial score (nSPS) is 15.3. The highest BCUT2D eigenvalue weighted by molar-refractivity contribution is 6.88. The van der Waals surface area contributed by atoms with Crippen molar-refractivity contribution in [2.45, 2.75) is 53.1 Å². The van der Waals surface area contributed by atoms with E-state index in [-0.39, 0.29) is 0 Å². The van der Waals surface area contributed by atoms with Crippen LogP contribution in [0.2, 0.25) is 19.6 Å². The summed E-state index contributed by atoms with van der Waals surface area (Å²) in [5.41, 5.74) is 5.29. The predicted octanol–water partition coefficient (Wildman–Crippen LogP) is 5.96. The van der Waals surface area contributed by atoms with Gasteiger partial charge in [-0.1, -0.05) is 69.4 Å². The van der Waals surface area contributed by atoms with Crippen molar-refractivity contribution >= 4 is 13.3 Å². The number of hydrogen-bond acceptors (Lipinski definition) is 0. The van der Waals surface area contributed by atoms with Crippen LogP contribution in [0.5, 0.6) is 0 Å². The average molecular weight is 394 g/mol. The first-order valence-corrected chi connectivity index (χ1v) is 13.4. The van der Waals surface area contributed by atoms with E-state index in [1.807, 2.05) is 63.4 Å². The Morgan fingerprint density at radius 3 is 2.32 bits per heavy atom. The summed E-state index contributed by atoms with van der Waals surface area (Å²) in [4.78, 5) is 0. The van der Waals surface area contributed by atoms with Crippen molar-refractivity contribution in [1.29, 1.82) is 0 Å². The van der Waals surface area contributed by atoms with Gasteiger partial charge in [0.2, 0.25) is 5.69 Å². The van der Waals surface area contributed by atoms with Crippen LogP contribution in [0, 0.1) is 13.8 Å². The highest BCUT2D eigenvalue weighted by Gasteiger charge is 2.26. The summed E-state index contributed by atoms with van der Waals surface area (Å²) in [6.45, 7) is 8.29. The molecule has 0 amide bonds. The summed E-state index contributed by atoms with van der Waals surface area (Å²) in [7, 11) is 0.184. The summed E-state index contributed by atoms with van der Waals surface area (Å²) in [5.74, 6) is 0. The quantitative estimate of drug-likeness (QED) is 0.372. The third-order valence-corrected chi connectivity index (χ3v) is 7.19. The molecule has 0 radical (unpaired) electrons. The molecule has 2 aromatic carbocycles. The average Bonchev–Trinajstić information content (AvgIpc) is 2.72. The van der Waals surface area contributed by atoms with Gasteiger partial charge in [-0.2, -0.15) is 0 Å². The first-order valence-electron chi connectivity index (χ1n) is 12.4. The highest BCUT2D eigenvalue weighted by Crippen LogP contribution is 2.31. The fourth-order valence-electron chi connectivity index (χ4n) is 3.69. The molecule has 0 aliphatic heterocycles. The Balaban J connectivity index is 2.37. The van der Waals surface area contributed by atoms with Crippen molar-refractivity contribution in [3.63, 3.8) is 0 Å². The lowest BCUT2D eigenvalue weighted by Crippen LogP contribution is -2.47. The lowest BCUT2D eigenvalue weighted by Gasteiger charge is -2.20. The first kappa shape index (κ1) is 14.8. The van der Waals surface area contributed by atoms with Gasteiger partial charge in [-0.3, -0.25) is 0 Å². The molecule has 0 aliphatic carbocycles. The summed E-state index contributed by atoms with van der Waals surface area (Å²) < 4.78 is 43.8. The molecule has 1 heterocycles. The molecule has 1 aromatic heterocycles. The molecule has 0 aliphatic rings. The molecule has 3 rings (SSSR count). The fourth-order valence-corrected chi connectivity index (χ4v) is 5.24. The maximum atomic E-state index is 8.72. The number of aryl methyl sites for hydroxylation is 4. The zero-order valence-electron chi connectivity index (χ0n) is 22.9. The zero-order chi connectivity index (χ0) is 24.8. The number of pyridine rings is 1. The molecule has 2 heteroatoms. The second-order valence-corrected chi connectivity index (χ2v) is 13.5. The van der Waals surface area contributed by atoms with Gasteiger partial charge in [0.1, 0.15) is 7.05 Å². The maximum Gasteiger partial charge on any atom is 0.212 e. The minimum absolute atomic E-state index is 0.334. The van der Waals surface area contributed by atoms with E-state index in [4.69, 9.17) is 6.85 Å². The molecule has 1 nitrogen and oxygen atoms in total. The number of benzene rings is 2. The van der Waals surface area contributed by atoms with Crippen LogP contribution in [-0.4, -0.2) is 8.07 Å². The van der Waals surface area contributed by atoms with Gasteiger partial charge >= 0.3 is 0 Å². The largest absolute Gasteiger partial charge is 0.212 e. The molecule has 0 bridgehead atoms. The van der Waals surface area contributed by atoms with E-state index in [0.717, 1.165) is 33.1 Å². The van der Waals surface area contributed by atoms with E-state index in [1.54, 1.807) is 6.07 Å². The van der Waals surface area contributed by atoms with Gasteiger partial charge in [0, 0.05) is 23.7 Å². The fraction of sp³-hybridized carbons (Fsp3) is 0.346. The molecule has 0 atom stereocenters. The van der Waals surface area contributed by atoms with Gasteiger partial charge in [-0.25, -0.2) is 4.57 Å². The molecule has 0 saturated heterocycles. The molecule has 0 spiro atoms. The second kappa shape index (κ2) is 8.04. The SMILES string of the molecule is [2H]C([2H])([2H])c1cc(C)c(-c2cc(C([2H])([2H])CC)c([Si](C)(C)C)c[n+]2C)cc1-c1ccccc1. The molecule has 0 fully saturated rings. The van der Waals surface area contributed by atoms with Crippen LogP contribution >= 0.6 is 0 Å². The van der Waals surface area contributed by atoms with Crippen LogP contribution < -0.4 is 9.75 Å². The summed E-state index contributed by atoms with van der Waals surface area (Å²) in [5, 5.41) is 1.11. The summed E-state index contributed by atoms with van der Waals surface area (Å²) >= 11 is 0. The zero-order valence-corrected chi connectivity index (χ0v) is 18.9. The number of nitrogens with zero attached hydrogens (tertiary/aromatic N) is 1. The molecular weight excluding hydrogens is 354 g/mol. The van der Waals surface area contributed by atoms with Crippen LogP contribution in [0.4, 0.5) is 0 Å². The molecule has 0 unspecified atom stereocenters. The van der Waals surface area contributed by atoms with E-state index < -0.39 is 21.3 Å². The van der Waals surface area contributed by atoms with Gasteiger partial charge in [-0.15, -0.1) is 0 Å². The standard InChI is InChI=1S/C26H34NSi/c1-8-12-22-16-25(27(4)18-26(22)28(5,6)7)24-17-23(19(2)15-20(24)3)21-13-10-9-11-14-21/h9-11,13-18H,8,12H2,1-7H3/q+1/i2D3,12D2. The van der Waals surface area contributed by atoms with Crippen LogP contribution in [0.1, 0.15) is 36.9 Å². The third kappa shape index (κ3) is 4.12. The van der Waals surface area contributed by atoms with Crippen molar-refractivity contribution in [2.75, 3.05) is 0 Å². The Bertz CT molecular complexity index is 1160. The van der Waals surface area contributed by atoms with E-state index in [0.29, 0.717) is 17.5 Å². The van der Waals surface area contributed by atoms with Crippen LogP contribution in [0.15, 0.2) is 54.7 Å². The number of hydrogen-bond donors (Lipinski definition) is 0. The van der Waals surface area contributed by atoms with Crippen molar-refractivity contribution in [3.05, 3.63) is 71.4 Å². The second-order valence-electron chi connectivity index (χ2n) is 8.46. The summed E-state index contributed by atoms with van der Waals surface area (Å²) in [6.07, 6.45) is 1.04. The van der Waals surface area contributed by atoms with Crippen LogP contribution in [-0.2, 0) is 13.4 Å². The minimum Gasteiger partial charge on any atom is -0.201 e. The van der Waals surface area contributed by atoms with Gasteiger partial charge < -0.3 is 0 Å². The third-order valence-electron chi connectivity index (χ3n) is 5.17. The molecule has 0 N–H and O–H groups in total. The first-order chi connectivity index (χ1) is 15.2. The predicted molar refractivity (Wildman–Crippen MR) is 125 cm³/mol. The Morgan fingerprint density at radius 2 is 1.71 bits per heavy atom. The summed E-state index contributed by atoms with van der Waals surface area (Å²) in [6, 6.07) is 15.3. The molecule has 28 heavy (non-hydrogen) atoms. The van der Waals surface area contributed by atoms with Crippen LogP contribution in [0.25, 0.3) is 22.4 Å². The van der Waals surface area contributed by atoms with Gasteiger partial charge in [0.15, 0.2) is 6.20 Å². The lowest BCUT2D eigenvalue weighted by molar-refractivity contribution is -0.659. The van der Waals surface area contributed by atoms with Gasteiger partial charge in [0.05, 0.1) is 8.07 Å². The number of aromatic nitrogens is 1. The van der Waals surface area contributed by atoms with Crippen molar-refractivity contribution < 1.29 is 11.4 Å². The van der Waals surface area contributed by atoms with Crippen LogP contribution in [0.3, 0.4) is 0 Å².